The van der Waals surface area contributed by atoms with Crippen LogP contribution < -0.4 is 0 Å². The first kappa shape index (κ1) is 11.7. The Morgan fingerprint density at radius 3 is 2.81 bits per heavy atom. The zero-order valence-corrected chi connectivity index (χ0v) is 10.0. The lowest BCUT2D eigenvalue weighted by Crippen LogP contribution is -2.48. The van der Waals surface area contributed by atoms with Crippen molar-refractivity contribution in [2.45, 2.75) is 44.4 Å². The molecule has 0 radical (unpaired) electrons. The standard InChI is InChI=1S/C11H19NO4/c1-10(2,3)16-9(14)12-6-11(7-13)4-8(12)5-15-11/h8,13H,4-7H2,1-3H3/t8-,11-/m0/s1. The van der Waals surface area contributed by atoms with Gasteiger partial charge in [-0.2, -0.15) is 0 Å². The molecule has 2 aliphatic heterocycles. The third-order valence-electron chi connectivity index (χ3n) is 3.00. The summed E-state index contributed by atoms with van der Waals surface area (Å²) in [4.78, 5) is 13.5. The number of carbonyl (C=O) groups excluding carboxylic acids is 1. The number of hydrogen-bond acceptors (Lipinski definition) is 4. The Kier molecular flexibility index (Phi) is 2.62. The SMILES string of the molecule is CC(C)(C)OC(=O)N1C[C@]2(CO)C[C@H]1CO2. The molecule has 2 aliphatic rings. The highest BCUT2D eigenvalue weighted by Crippen LogP contribution is 2.37. The second kappa shape index (κ2) is 3.60. The van der Waals surface area contributed by atoms with Gasteiger partial charge in [-0.15, -0.1) is 0 Å². The third-order valence-corrected chi connectivity index (χ3v) is 3.00. The van der Waals surface area contributed by atoms with E-state index in [0.29, 0.717) is 19.6 Å². The van der Waals surface area contributed by atoms with Crippen LogP contribution >= 0.6 is 0 Å². The number of fused-ring (bicyclic) bond motifs is 2. The first-order valence-corrected chi connectivity index (χ1v) is 5.60. The van der Waals surface area contributed by atoms with Crippen LogP contribution in [-0.2, 0) is 9.47 Å². The third kappa shape index (κ3) is 2.01. The van der Waals surface area contributed by atoms with Gasteiger partial charge in [0, 0.05) is 6.42 Å². The molecular weight excluding hydrogens is 210 g/mol. The second-order valence-corrected chi connectivity index (χ2v) is 5.62. The van der Waals surface area contributed by atoms with E-state index in [1.54, 1.807) is 4.90 Å². The van der Waals surface area contributed by atoms with E-state index in [4.69, 9.17) is 9.47 Å². The van der Waals surface area contributed by atoms with Crippen LogP contribution in [0.2, 0.25) is 0 Å². The Bertz CT molecular complexity index is 299. The van der Waals surface area contributed by atoms with Gasteiger partial charge in [0.2, 0.25) is 0 Å². The summed E-state index contributed by atoms with van der Waals surface area (Å²) < 4.78 is 10.8. The number of aliphatic hydroxyl groups excluding tert-OH is 1. The normalized spacial score (nSPS) is 33.2. The average Bonchev–Trinajstić information content (AvgIpc) is 2.72. The van der Waals surface area contributed by atoms with Crippen LogP contribution in [0, 0.1) is 0 Å². The number of carbonyl (C=O) groups is 1. The average molecular weight is 229 g/mol. The van der Waals surface area contributed by atoms with Gasteiger partial charge in [0.05, 0.1) is 25.8 Å². The molecule has 2 fully saturated rings. The number of likely N-dealkylation sites (tertiary alicyclic amines) is 1. The summed E-state index contributed by atoms with van der Waals surface area (Å²) in [7, 11) is 0. The Hall–Kier alpha value is -0.810. The van der Waals surface area contributed by atoms with E-state index in [1.807, 2.05) is 20.8 Å². The fourth-order valence-corrected chi connectivity index (χ4v) is 2.26. The topological polar surface area (TPSA) is 59.0 Å². The van der Waals surface area contributed by atoms with Crippen LogP contribution in [0.4, 0.5) is 4.79 Å². The fraction of sp³-hybridized carbons (Fsp3) is 0.909. The molecule has 92 valence electrons. The highest BCUT2D eigenvalue weighted by Gasteiger charge is 2.53. The molecule has 2 bridgehead atoms. The van der Waals surface area contributed by atoms with Crippen LogP contribution in [0.15, 0.2) is 0 Å². The Labute approximate surface area is 95.3 Å². The lowest BCUT2D eigenvalue weighted by molar-refractivity contribution is -0.0756. The molecule has 1 N–H and O–H groups in total. The lowest BCUT2D eigenvalue weighted by Gasteiger charge is -2.33. The van der Waals surface area contributed by atoms with Crippen molar-refractivity contribution in [3.05, 3.63) is 0 Å². The number of aliphatic hydroxyl groups is 1. The molecule has 0 aliphatic carbocycles. The van der Waals surface area contributed by atoms with Gasteiger partial charge < -0.3 is 14.6 Å². The lowest BCUT2D eigenvalue weighted by atomic mass is 10.1. The zero-order valence-electron chi connectivity index (χ0n) is 10.0. The van der Waals surface area contributed by atoms with Gasteiger partial charge in [0.1, 0.15) is 11.2 Å². The summed E-state index contributed by atoms with van der Waals surface area (Å²) in [6.45, 7) is 6.43. The van der Waals surface area contributed by atoms with Gasteiger partial charge in [-0.25, -0.2) is 4.79 Å². The number of morpholine rings is 1. The molecule has 16 heavy (non-hydrogen) atoms. The summed E-state index contributed by atoms with van der Waals surface area (Å²) in [6, 6.07) is 0.0574. The van der Waals surface area contributed by atoms with Crippen LogP contribution in [0.1, 0.15) is 27.2 Å². The predicted octanol–water partition coefficient (Wildman–Crippen LogP) is 0.757. The highest BCUT2D eigenvalue weighted by molar-refractivity contribution is 5.69. The maximum atomic E-state index is 11.9. The van der Waals surface area contributed by atoms with Gasteiger partial charge in [-0.3, -0.25) is 4.90 Å². The molecule has 0 aromatic carbocycles. The quantitative estimate of drug-likeness (QED) is 0.721. The van der Waals surface area contributed by atoms with E-state index in [2.05, 4.69) is 0 Å². The molecule has 2 rings (SSSR count). The smallest absolute Gasteiger partial charge is 0.410 e. The molecule has 2 saturated heterocycles. The second-order valence-electron chi connectivity index (χ2n) is 5.62. The summed E-state index contributed by atoms with van der Waals surface area (Å²) in [5.74, 6) is 0. The van der Waals surface area contributed by atoms with Crippen LogP contribution in [0.5, 0.6) is 0 Å². The first-order valence-electron chi connectivity index (χ1n) is 5.60. The molecule has 1 amide bonds. The number of amides is 1. The molecule has 0 saturated carbocycles. The molecule has 0 aromatic rings. The maximum Gasteiger partial charge on any atom is 0.410 e. The minimum atomic E-state index is -0.540. The summed E-state index contributed by atoms with van der Waals surface area (Å²) in [6.07, 6.45) is 0.402. The monoisotopic (exact) mass is 229 g/mol. The van der Waals surface area contributed by atoms with E-state index < -0.39 is 11.2 Å². The highest BCUT2D eigenvalue weighted by atomic mass is 16.6. The van der Waals surface area contributed by atoms with E-state index >= 15 is 0 Å². The fourth-order valence-electron chi connectivity index (χ4n) is 2.26. The Morgan fingerprint density at radius 2 is 2.31 bits per heavy atom. The number of ether oxygens (including phenoxy) is 2. The zero-order chi connectivity index (χ0) is 12.0. The number of hydrogen-bond donors (Lipinski definition) is 1. The van der Waals surface area contributed by atoms with Crippen molar-refractivity contribution in [3.63, 3.8) is 0 Å². The molecular formula is C11H19NO4. The maximum absolute atomic E-state index is 11.9. The summed E-state index contributed by atoms with van der Waals surface area (Å²) in [5, 5.41) is 9.27. The minimum Gasteiger partial charge on any atom is -0.444 e. The minimum absolute atomic E-state index is 0.0389. The molecule has 0 unspecified atom stereocenters. The van der Waals surface area contributed by atoms with E-state index in [-0.39, 0.29) is 18.7 Å². The molecule has 5 heteroatoms. The summed E-state index contributed by atoms with van der Waals surface area (Å²) in [5.41, 5.74) is -1.02. The number of nitrogens with zero attached hydrogens (tertiary/aromatic N) is 1. The van der Waals surface area contributed by atoms with Gasteiger partial charge in [-0.1, -0.05) is 0 Å². The summed E-state index contributed by atoms with van der Waals surface area (Å²) >= 11 is 0. The van der Waals surface area contributed by atoms with Gasteiger partial charge in [-0.05, 0) is 20.8 Å². The predicted molar refractivity (Wildman–Crippen MR) is 57.1 cm³/mol. The van der Waals surface area contributed by atoms with Crippen molar-refractivity contribution in [1.29, 1.82) is 0 Å². The van der Waals surface area contributed by atoms with E-state index in [9.17, 15) is 9.90 Å². The van der Waals surface area contributed by atoms with Crippen molar-refractivity contribution >= 4 is 6.09 Å². The van der Waals surface area contributed by atoms with E-state index in [1.165, 1.54) is 0 Å². The van der Waals surface area contributed by atoms with E-state index in [0.717, 1.165) is 0 Å². The molecule has 0 spiro atoms. The van der Waals surface area contributed by atoms with Crippen molar-refractivity contribution in [2.75, 3.05) is 19.8 Å². The van der Waals surface area contributed by atoms with Crippen LogP contribution in [0.3, 0.4) is 0 Å². The van der Waals surface area contributed by atoms with Crippen molar-refractivity contribution in [3.8, 4) is 0 Å². The number of rotatable bonds is 1. The molecule has 2 heterocycles. The van der Waals surface area contributed by atoms with Gasteiger partial charge in [0.15, 0.2) is 0 Å². The molecule has 0 aromatic heterocycles. The molecule has 2 atom stereocenters. The Morgan fingerprint density at radius 1 is 1.62 bits per heavy atom. The van der Waals surface area contributed by atoms with Gasteiger partial charge in [0.25, 0.3) is 0 Å². The Balaban J connectivity index is 2.01. The van der Waals surface area contributed by atoms with Gasteiger partial charge >= 0.3 is 6.09 Å². The van der Waals surface area contributed by atoms with Crippen LogP contribution in [-0.4, -0.2) is 53.1 Å². The molecule has 5 nitrogen and oxygen atoms in total. The van der Waals surface area contributed by atoms with Crippen molar-refractivity contribution in [1.82, 2.24) is 4.90 Å². The van der Waals surface area contributed by atoms with Crippen molar-refractivity contribution < 1.29 is 19.4 Å². The largest absolute Gasteiger partial charge is 0.444 e. The van der Waals surface area contributed by atoms with Crippen LogP contribution in [0.25, 0.3) is 0 Å². The van der Waals surface area contributed by atoms with Crippen molar-refractivity contribution in [2.24, 2.45) is 0 Å². The first-order chi connectivity index (χ1) is 7.35.